The molecule has 1 aliphatic carbocycles. The van der Waals surface area contributed by atoms with Gasteiger partial charge in [-0.05, 0) is 49.1 Å². The van der Waals surface area contributed by atoms with Crippen LogP contribution in [0.4, 0.5) is 33.3 Å². The summed E-state index contributed by atoms with van der Waals surface area (Å²) in [6.45, 7) is -1.34. The predicted molar refractivity (Wildman–Crippen MR) is 139 cm³/mol. The van der Waals surface area contributed by atoms with Gasteiger partial charge in [0.25, 0.3) is 18.2 Å². The van der Waals surface area contributed by atoms with E-state index in [-0.39, 0.29) is 55.0 Å². The van der Waals surface area contributed by atoms with E-state index in [1.165, 1.54) is 23.1 Å². The van der Waals surface area contributed by atoms with Gasteiger partial charge in [-0.2, -0.15) is 13.2 Å². The zero-order chi connectivity index (χ0) is 29.0. The number of carbonyl (C=O) groups is 3. The number of carbonyl (C=O) groups excluding carboxylic acids is 3. The van der Waals surface area contributed by atoms with E-state index >= 15 is 0 Å². The van der Waals surface area contributed by atoms with E-state index in [2.05, 4.69) is 10.6 Å². The second-order valence-corrected chi connectivity index (χ2v) is 11.1. The molecule has 2 heterocycles. The third kappa shape index (κ3) is 7.89. The molecule has 1 saturated heterocycles. The van der Waals surface area contributed by atoms with E-state index in [1.54, 1.807) is 0 Å². The normalized spacial score (nSPS) is 16.9. The zero-order valence-electron chi connectivity index (χ0n) is 21.0. The van der Waals surface area contributed by atoms with E-state index in [9.17, 15) is 36.3 Å². The molecule has 8 nitrogen and oxygen atoms in total. The summed E-state index contributed by atoms with van der Waals surface area (Å²) in [6.07, 6.45) is -6.06. The molecule has 2 aromatic rings. The molecule has 3 amide bonds. The topological polar surface area (TPSA) is 91.0 Å². The van der Waals surface area contributed by atoms with Crippen LogP contribution in [0, 0.1) is 5.92 Å². The van der Waals surface area contributed by atoms with Crippen molar-refractivity contribution in [3.05, 3.63) is 45.1 Å². The summed E-state index contributed by atoms with van der Waals surface area (Å²) in [6, 6.07) is 4.64. The van der Waals surface area contributed by atoms with Crippen LogP contribution in [-0.2, 0) is 20.5 Å². The number of alkyl halides is 5. The highest BCUT2D eigenvalue weighted by molar-refractivity contribution is 7.18. The minimum absolute atomic E-state index is 0.0631. The Morgan fingerprint density at radius 2 is 1.95 bits per heavy atom. The molecule has 2 fully saturated rings. The number of thiophene rings is 1. The summed E-state index contributed by atoms with van der Waals surface area (Å²) in [7, 11) is 0. The molecule has 2 aliphatic rings. The molecule has 1 atom stereocenters. The molecule has 0 unspecified atom stereocenters. The van der Waals surface area contributed by atoms with Gasteiger partial charge in [-0.1, -0.05) is 11.6 Å². The van der Waals surface area contributed by atoms with E-state index in [1.807, 2.05) is 0 Å². The van der Waals surface area contributed by atoms with E-state index < -0.39 is 48.5 Å². The maximum Gasteiger partial charge on any atom is 0.418 e. The molecule has 1 aromatic carbocycles. The fourth-order valence-corrected chi connectivity index (χ4v) is 5.27. The Bertz CT molecular complexity index is 1240. The number of anilines is 2. The van der Waals surface area contributed by atoms with Crippen molar-refractivity contribution in [3.8, 4) is 0 Å². The lowest BCUT2D eigenvalue weighted by Gasteiger charge is -2.31. The number of hydrogen-bond acceptors (Lipinski definition) is 6. The van der Waals surface area contributed by atoms with Gasteiger partial charge in [0.1, 0.15) is 12.6 Å². The molecule has 1 saturated carbocycles. The van der Waals surface area contributed by atoms with Crippen molar-refractivity contribution in [2.45, 2.75) is 31.5 Å². The number of morpholine rings is 1. The SMILES string of the molecule is O=C(NC[C@H](C(=O)Nc1ccc(N2CCOCC2=O)c(C(F)(F)F)c1)N(CC(F)F)CC1CC1)c1ccc(Cl)s1. The Kier molecular flexibility index (Phi) is 9.64. The number of amides is 3. The molecule has 218 valence electrons. The first-order valence-electron chi connectivity index (χ1n) is 12.4. The standard InChI is InChI=1S/C25H26ClF5N4O4S/c26-20-6-5-19(40-20)24(38)32-10-18(34(12-21(27)28)11-14-1-2-14)23(37)33-15-3-4-17(16(9-15)25(29,30)31)35-7-8-39-13-22(35)36/h3-6,9,14,18,21H,1-2,7-8,10-13H2,(H,32,38)(H,33,37)/t18-/m1/s1. The second kappa shape index (κ2) is 12.8. The average Bonchev–Trinajstić information content (AvgIpc) is 3.59. The van der Waals surface area contributed by atoms with Crippen LogP contribution in [-0.4, -0.2) is 74.5 Å². The highest BCUT2D eigenvalue weighted by atomic mass is 35.5. The molecule has 0 bridgehead atoms. The van der Waals surface area contributed by atoms with Crippen LogP contribution in [0.2, 0.25) is 4.34 Å². The summed E-state index contributed by atoms with van der Waals surface area (Å²) < 4.78 is 74.2. The number of benzene rings is 1. The van der Waals surface area contributed by atoms with Gasteiger partial charge in [-0.25, -0.2) is 8.78 Å². The third-order valence-corrected chi connectivity index (χ3v) is 7.63. The molecule has 4 rings (SSSR count). The Labute approximate surface area is 235 Å². The molecule has 0 spiro atoms. The van der Waals surface area contributed by atoms with Crippen LogP contribution in [0.3, 0.4) is 0 Å². The van der Waals surface area contributed by atoms with E-state index in [0.717, 1.165) is 35.1 Å². The van der Waals surface area contributed by atoms with Crippen molar-refractivity contribution in [2.75, 3.05) is 49.6 Å². The first kappa shape index (κ1) is 30.2. The highest BCUT2D eigenvalue weighted by Crippen LogP contribution is 2.39. The largest absolute Gasteiger partial charge is 0.418 e. The van der Waals surface area contributed by atoms with Crippen molar-refractivity contribution < 1.29 is 41.1 Å². The summed E-state index contributed by atoms with van der Waals surface area (Å²) in [4.78, 5) is 40.5. The third-order valence-electron chi connectivity index (χ3n) is 6.40. The maximum atomic E-state index is 14.0. The summed E-state index contributed by atoms with van der Waals surface area (Å²) >= 11 is 6.86. The molecule has 1 aromatic heterocycles. The molecule has 2 N–H and O–H groups in total. The molecular weight excluding hydrogens is 583 g/mol. The fraction of sp³-hybridized carbons (Fsp3) is 0.480. The Hall–Kier alpha value is -2.81. The fourth-order valence-electron chi connectivity index (χ4n) is 4.31. The molecule has 40 heavy (non-hydrogen) atoms. The quantitative estimate of drug-likeness (QED) is 0.367. The van der Waals surface area contributed by atoms with Gasteiger partial charge in [0, 0.05) is 25.3 Å². The number of nitrogens with zero attached hydrogens (tertiary/aromatic N) is 2. The number of ether oxygens (including phenoxy) is 1. The minimum atomic E-state index is -4.86. The van der Waals surface area contributed by atoms with Crippen molar-refractivity contribution >= 4 is 52.0 Å². The summed E-state index contributed by atoms with van der Waals surface area (Å²) in [5.41, 5.74) is -1.78. The first-order chi connectivity index (χ1) is 18.9. The van der Waals surface area contributed by atoms with Gasteiger partial charge >= 0.3 is 6.18 Å². The molecule has 0 radical (unpaired) electrons. The Balaban J connectivity index is 1.57. The lowest BCUT2D eigenvalue weighted by molar-refractivity contribution is -0.137. The first-order valence-corrected chi connectivity index (χ1v) is 13.6. The minimum Gasteiger partial charge on any atom is -0.370 e. The molecule has 15 heteroatoms. The second-order valence-electron chi connectivity index (χ2n) is 9.43. The van der Waals surface area contributed by atoms with Gasteiger partial charge in [0.05, 0.1) is 33.6 Å². The average molecular weight is 609 g/mol. The van der Waals surface area contributed by atoms with Crippen molar-refractivity contribution in [1.29, 1.82) is 0 Å². The van der Waals surface area contributed by atoms with Gasteiger partial charge in [-0.3, -0.25) is 19.3 Å². The van der Waals surface area contributed by atoms with Crippen LogP contribution in [0.25, 0.3) is 0 Å². The molecule has 1 aliphatic heterocycles. The maximum absolute atomic E-state index is 14.0. The highest BCUT2D eigenvalue weighted by Gasteiger charge is 2.38. The number of rotatable bonds is 11. The van der Waals surface area contributed by atoms with E-state index in [0.29, 0.717) is 10.4 Å². The lowest BCUT2D eigenvalue weighted by Crippen LogP contribution is -2.52. The summed E-state index contributed by atoms with van der Waals surface area (Å²) in [5, 5.41) is 4.94. The number of halogens is 6. The van der Waals surface area contributed by atoms with Gasteiger partial charge in [0.2, 0.25) is 5.91 Å². The van der Waals surface area contributed by atoms with Gasteiger partial charge in [0.15, 0.2) is 0 Å². The Morgan fingerprint density at radius 3 is 2.55 bits per heavy atom. The van der Waals surface area contributed by atoms with Crippen molar-refractivity contribution in [1.82, 2.24) is 10.2 Å². The predicted octanol–water partition coefficient (Wildman–Crippen LogP) is 4.50. The molecular formula is C25H26ClF5N4O4S. The Morgan fingerprint density at radius 1 is 1.20 bits per heavy atom. The van der Waals surface area contributed by atoms with Crippen molar-refractivity contribution in [3.63, 3.8) is 0 Å². The number of nitrogens with one attached hydrogen (secondary N) is 2. The summed E-state index contributed by atoms with van der Waals surface area (Å²) in [5.74, 6) is -1.98. The van der Waals surface area contributed by atoms with Crippen molar-refractivity contribution in [2.24, 2.45) is 5.92 Å². The monoisotopic (exact) mass is 608 g/mol. The zero-order valence-corrected chi connectivity index (χ0v) is 22.6. The smallest absolute Gasteiger partial charge is 0.370 e. The van der Waals surface area contributed by atoms with Gasteiger partial charge < -0.3 is 20.3 Å². The van der Waals surface area contributed by atoms with Crippen LogP contribution >= 0.6 is 22.9 Å². The van der Waals surface area contributed by atoms with Crippen LogP contribution in [0.1, 0.15) is 28.1 Å². The van der Waals surface area contributed by atoms with Crippen LogP contribution in [0.15, 0.2) is 30.3 Å². The van der Waals surface area contributed by atoms with Crippen LogP contribution < -0.4 is 15.5 Å². The van der Waals surface area contributed by atoms with E-state index in [4.69, 9.17) is 16.3 Å². The van der Waals surface area contributed by atoms with Gasteiger partial charge in [-0.15, -0.1) is 11.3 Å². The van der Waals surface area contributed by atoms with Crippen LogP contribution in [0.5, 0.6) is 0 Å². The number of hydrogen-bond donors (Lipinski definition) is 2. The lowest BCUT2D eigenvalue weighted by atomic mass is 10.1.